The number of alkyl halides is 3. The number of benzene rings is 1. The van der Waals surface area contributed by atoms with Crippen molar-refractivity contribution in [1.29, 1.82) is 0 Å². The number of carbonyl (C=O) groups is 2. The Morgan fingerprint density at radius 1 is 1.15 bits per heavy atom. The van der Waals surface area contributed by atoms with Gasteiger partial charge >= 0.3 is 6.18 Å². The number of ketones is 1. The summed E-state index contributed by atoms with van der Waals surface area (Å²) in [6.45, 7) is 6.97. The molecule has 1 saturated carbocycles. The van der Waals surface area contributed by atoms with E-state index in [0.717, 1.165) is 31.7 Å². The highest BCUT2D eigenvalue weighted by atomic mass is 19.4. The van der Waals surface area contributed by atoms with Crippen LogP contribution in [0.5, 0.6) is 5.75 Å². The first-order valence-electron chi connectivity index (χ1n) is 16.4. The zero-order chi connectivity index (χ0) is 34.6. The van der Waals surface area contributed by atoms with E-state index in [1.165, 1.54) is 20.0 Å². The quantitative estimate of drug-likeness (QED) is 0.266. The summed E-state index contributed by atoms with van der Waals surface area (Å²) in [6, 6.07) is 0.0884. The van der Waals surface area contributed by atoms with Crippen LogP contribution in [0.25, 0.3) is 0 Å². The van der Waals surface area contributed by atoms with E-state index in [1.807, 2.05) is 11.8 Å². The minimum absolute atomic E-state index is 0.00142. The molecule has 1 aromatic rings. The fraction of sp³-hybridized carbons (Fsp3) is 0.600. The summed E-state index contributed by atoms with van der Waals surface area (Å²) in [6.07, 6.45) is 1.48. The van der Waals surface area contributed by atoms with Gasteiger partial charge in [0.2, 0.25) is 0 Å². The molecule has 5 rings (SSSR count). The van der Waals surface area contributed by atoms with Gasteiger partial charge in [-0.25, -0.2) is 0 Å². The van der Waals surface area contributed by atoms with E-state index < -0.39 is 69.7 Å². The molecular weight excluding hydrogens is 615 g/mol. The number of hydrogen-bond donors (Lipinski definition) is 4. The van der Waals surface area contributed by atoms with Gasteiger partial charge in [0.1, 0.15) is 17.3 Å². The Balaban J connectivity index is 1.64. The third-order valence-corrected chi connectivity index (χ3v) is 10.9. The second kappa shape index (κ2) is 12.9. The van der Waals surface area contributed by atoms with Crippen LogP contribution in [0.1, 0.15) is 78.9 Å². The highest BCUT2D eigenvalue weighted by molar-refractivity contribution is 6.14. The van der Waals surface area contributed by atoms with Crippen LogP contribution in [-0.4, -0.2) is 82.7 Å². The van der Waals surface area contributed by atoms with Crippen LogP contribution < -0.4 is 5.73 Å². The van der Waals surface area contributed by atoms with Crippen molar-refractivity contribution in [3.05, 3.63) is 63.1 Å². The maximum atomic E-state index is 15.0. The van der Waals surface area contributed by atoms with E-state index in [0.29, 0.717) is 19.0 Å². The molecule has 0 saturated heterocycles. The van der Waals surface area contributed by atoms with Gasteiger partial charge in [0.05, 0.1) is 22.7 Å². The minimum Gasteiger partial charge on any atom is -0.510 e. The number of rotatable bonds is 8. The van der Waals surface area contributed by atoms with Crippen LogP contribution in [0, 0.1) is 17.8 Å². The van der Waals surface area contributed by atoms with E-state index >= 15 is 13.2 Å². The molecule has 0 aromatic heterocycles. The second-order valence-corrected chi connectivity index (χ2v) is 13.8. The summed E-state index contributed by atoms with van der Waals surface area (Å²) in [7, 11) is 4.52. The van der Waals surface area contributed by atoms with E-state index in [-0.39, 0.29) is 47.2 Å². The second-order valence-electron chi connectivity index (χ2n) is 13.8. The Morgan fingerprint density at radius 2 is 1.79 bits per heavy atom. The summed E-state index contributed by atoms with van der Waals surface area (Å²) in [4.78, 5) is 30.2. The zero-order valence-corrected chi connectivity index (χ0v) is 27.5. The predicted molar refractivity (Wildman–Crippen MR) is 170 cm³/mol. The number of halogens is 3. The average molecular weight is 662 g/mol. The first kappa shape index (κ1) is 35.0. The molecule has 9 nitrogen and oxygen atoms in total. The number of amides is 1. The van der Waals surface area contributed by atoms with Gasteiger partial charge in [0.15, 0.2) is 11.4 Å². The number of likely N-dealkylation sites (N-methyl/N-ethyl adjacent to an activating group) is 1. The van der Waals surface area contributed by atoms with Crippen LogP contribution in [0.4, 0.5) is 13.2 Å². The Morgan fingerprint density at radius 3 is 2.32 bits per heavy atom. The molecule has 0 spiro atoms. The van der Waals surface area contributed by atoms with Crippen LogP contribution in [-0.2, 0) is 28.7 Å². The molecule has 0 unspecified atom stereocenters. The lowest BCUT2D eigenvalue weighted by Crippen LogP contribution is -2.61. The van der Waals surface area contributed by atoms with E-state index in [4.69, 9.17) is 10.5 Å². The Hall–Kier alpha value is -3.35. The highest BCUT2D eigenvalue weighted by Crippen LogP contribution is 2.57. The van der Waals surface area contributed by atoms with Gasteiger partial charge in [-0.1, -0.05) is 39.2 Å². The molecule has 4 aliphatic carbocycles. The smallest absolute Gasteiger partial charge is 0.417 e. The number of aliphatic hydroxyl groups is 2. The van der Waals surface area contributed by atoms with E-state index in [2.05, 4.69) is 6.58 Å². The molecule has 1 aromatic carbocycles. The number of fused-ring (bicyclic) bond motifs is 3. The van der Waals surface area contributed by atoms with Gasteiger partial charge in [0.25, 0.3) is 5.91 Å². The number of Topliss-reactive ketones (excluding diaryl/α,β-unsaturated/α-hetero) is 1. The summed E-state index contributed by atoms with van der Waals surface area (Å²) in [5.74, 6) is -4.95. The summed E-state index contributed by atoms with van der Waals surface area (Å²) >= 11 is 0. The van der Waals surface area contributed by atoms with E-state index in [1.54, 1.807) is 19.0 Å². The van der Waals surface area contributed by atoms with Gasteiger partial charge in [-0.05, 0) is 75.4 Å². The number of primary amides is 1. The molecule has 0 heterocycles. The molecule has 0 radical (unpaired) electrons. The summed E-state index contributed by atoms with van der Waals surface area (Å²) < 4.78 is 51.0. The van der Waals surface area contributed by atoms with Crippen molar-refractivity contribution in [2.75, 3.05) is 34.3 Å². The van der Waals surface area contributed by atoms with Gasteiger partial charge in [-0.15, -0.1) is 0 Å². The molecule has 4 aliphatic rings. The fourth-order valence-corrected chi connectivity index (χ4v) is 8.84. The van der Waals surface area contributed by atoms with Crippen molar-refractivity contribution in [3.8, 4) is 5.75 Å². The minimum atomic E-state index is -4.83. The highest BCUT2D eigenvalue weighted by Gasteiger charge is 2.62. The molecule has 1 amide bonds. The number of allylic oxidation sites excluding steroid dienone is 1. The monoisotopic (exact) mass is 661 g/mol. The summed E-state index contributed by atoms with van der Waals surface area (Å²) in [5.41, 5.74) is 1.17. The normalized spacial score (nSPS) is 27.2. The Labute approximate surface area is 273 Å². The molecular formula is C35H46F3N3O6. The van der Waals surface area contributed by atoms with Crippen molar-refractivity contribution >= 4 is 11.7 Å². The molecule has 0 aliphatic heterocycles. The first-order chi connectivity index (χ1) is 22.1. The molecule has 4 atom stereocenters. The largest absolute Gasteiger partial charge is 0.510 e. The lowest BCUT2D eigenvalue weighted by molar-refractivity contribution is -0.139. The van der Waals surface area contributed by atoms with Crippen molar-refractivity contribution in [2.45, 2.75) is 82.7 Å². The van der Waals surface area contributed by atoms with Gasteiger partial charge < -0.3 is 25.8 Å². The van der Waals surface area contributed by atoms with Crippen molar-refractivity contribution in [2.24, 2.45) is 23.5 Å². The van der Waals surface area contributed by atoms with Gasteiger partial charge in [0, 0.05) is 37.3 Å². The number of phenols is 1. The lowest BCUT2D eigenvalue weighted by atomic mass is 9.57. The van der Waals surface area contributed by atoms with Gasteiger partial charge in [-0.2, -0.15) is 13.2 Å². The van der Waals surface area contributed by atoms with Crippen LogP contribution in [0.2, 0.25) is 0 Å². The van der Waals surface area contributed by atoms with Gasteiger partial charge in [-0.3, -0.25) is 19.4 Å². The number of nitrogens with two attached hydrogens (primary N) is 1. The number of nitrogens with zero attached hydrogens (tertiary/aromatic N) is 2. The fourth-order valence-electron chi connectivity index (χ4n) is 8.84. The van der Waals surface area contributed by atoms with Crippen LogP contribution in [0.3, 0.4) is 0 Å². The number of aromatic hydroxyl groups is 1. The maximum Gasteiger partial charge on any atom is 0.417 e. The zero-order valence-electron chi connectivity index (χ0n) is 27.5. The first-order valence-corrected chi connectivity index (χ1v) is 16.4. The molecule has 5 N–H and O–H groups in total. The van der Waals surface area contributed by atoms with Crippen molar-refractivity contribution in [1.82, 2.24) is 9.80 Å². The van der Waals surface area contributed by atoms with Crippen molar-refractivity contribution in [3.63, 3.8) is 0 Å². The lowest BCUT2D eigenvalue weighted by Gasteiger charge is -2.53. The van der Waals surface area contributed by atoms with E-state index in [9.17, 15) is 24.9 Å². The standard InChI is InChI=1S/C35H46F3N3O6/c1-6-41(16-19-11-9-7-8-10-12-19)17-21-15-24(42)27-22(28(21)35(36,37)38)13-20-14-23-29(40(3)4)31(44)25(33(39)46)18(2)34(23,47-5)32(45)26(20)30(27)43/h15,19-20,23,29,42,44-45H,2,6-14,16-17H2,1,3-5H3,(H2,39,46)/t20-,23-,29-,34-/m0/s1. The van der Waals surface area contributed by atoms with Crippen LogP contribution >= 0.6 is 0 Å². The Bertz CT molecular complexity index is 1520. The van der Waals surface area contributed by atoms with Crippen molar-refractivity contribution < 1.29 is 42.8 Å². The molecule has 0 bridgehead atoms. The topological polar surface area (TPSA) is 137 Å². The number of phenolic OH excluding ortho intramolecular Hbond substituents is 1. The molecule has 12 heteroatoms. The van der Waals surface area contributed by atoms with Crippen LogP contribution in [0.15, 0.2) is 40.9 Å². The SMILES string of the molecule is C=C1C(C(N)=O)=C(O)[C@@H](N(C)C)[C@@H]2C[C@@H]3Cc4c(c(O)cc(CN(CC)CC5CCCCCC5)c4C(F)(F)F)C(=O)C3=C(O)[C@]12OC. The number of methoxy groups -OCH3 is 1. The third-order valence-electron chi connectivity index (χ3n) is 10.9. The molecule has 1 fully saturated rings. The number of aliphatic hydroxyl groups excluding tert-OH is 2. The summed E-state index contributed by atoms with van der Waals surface area (Å²) in [5, 5.41) is 34.3. The third kappa shape index (κ3) is 5.76. The Kier molecular flexibility index (Phi) is 9.62. The number of ether oxygens (including phenoxy) is 1. The predicted octanol–water partition coefficient (Wildman–Crippen LogP) is 5.57. The molecule has 47 heavy (non-hydrogen) atoms. The number of carbonyl (C=O) groups excluding carboxylic acids is 2. The maximum absolute atomic E-state index is 15.0. The average Bonchev–Trinajstić information content (AvgIpc) is 3.24. The molecule has 258 valence electrons. The number of hydrogen-bond acceptors (Lipinski definition) is 8.